The molecule has 1 saturated heterocycles. The number of carbonyl (C=O) groups is 3. The Hall–Kier alpha value is -3.20. The van der Waals surface area contributed by atoms with E-state index in [0.717, 1.165) is 10.6 Å². The molecule has 1 fully saturated rings. The highest BCUT2D eigenvalue weighted by Crippen LogP contribution is 2.17. The summed E-state index contributed by atoms with van der Waals surface area (Å²) in [5.74, 6) is -2.53. The monoisotopic (exact) mass is 373 g/mol. The summed E-state index contributed by atoms with van der Waals surface area (Å²) in [6, 6.07) is 8.49. The third kappa shape index (κ3) is 4.45. The summed E-state index contributed by atoms with van der Waals surface area (Å²) in [6.07, 6.45) is 2.96. The van der Waals surface area contributed by atoms with Crippen LogP contribution in [0.4, 0.5) is 10.5 Å². The fourth-order valence-corrected chi connectivity index (χ4v) is 2.48. The van der Waals surface area contributed by atoms with E-state index in [1.165, 1.54) is 6.08 Å². The van der Waals surface area contributed by atoms with Gasteiger partial charge in [0.1, 0.15) is 0 Å². The number of hydrogen-bond donors (Lipinski definition) is 4. The molecule has 2 rings (SSSR count). The average molecular weight is 373 g/mol. The Labute approximate surface area is 156 Å². The van der Waals surface area contributed by atoms with Crippen LogP contribution in [0.15, 0.2) is 54.8 Å². The van der Waals surface area contributed by atoms with Crippen molar-refractivity contribution in [2.75, 3.05) is 11.9 Å². The van der Waals surface area contributed by atoms with Gasteiger partial charge in [-0.2, -0.15) is 0 Å². The number of nitrogens with zero attached hydrogens (tertiary/aromatic N) is 1. The third-order valence-electron chi connectivity index (χ3n) is 3.54. The molecular weight excluding hydrogens is 354 g/mol. The van der Waals surface area contributed by atoms with Gasteiger partial charge in [-0.3, -0.25) is 25.2 Å². The lowest BCUT2D eigenvalue weighted by Crippen LogP contribution is -2.60. The largest absolute Gasteiger partial charge is 0.331 e. The van der Waals surface area contributed by atoms with Crippen molar-refractivity contribution in [1.29, 1.82) is 0 Å². The summed E-state index contributed by atoms with van der Waals surface area (Å²) in [5.41, 5.74) is 6.53. The molecule has 0 aromatic heterocycles. The third-order valence-corrected chi connectivity index (χ3v) is 3.74. The molecule has 1 aromatic rings. The summed E-state index contributed by atoms with van der Waals surface area (Å²) >= 11 is 5.17. The first-order chi connectivity index (χ1) is 12.5. The van der Waals surface area contributed by atoms with Crippen molar-refractivity contribution in [3.05, 3.63) is 54.8 Å². The molecule has 4 amide bonds. The summed E-state index contributed by atoms with van der Waals surface area (Å²) in [4.78, 5) is 37.3. The predicted molar refractivity (Wildman–Crippen MR) is 102 cm³/mol. The van der Waals surface area contributed by atoms with E-state index in [0.29, 0.717) is 0 Å². The Bertz CT molecular complexity index is 763. The molecule has 4 N–H and O–H groups in total. The van der Waals surface area contributed by atoms with Gasteiger partial charge < -0.3 is 10.7 Å². The highest BCUT2D eigenvalue weighted by molar-refractivity contribution is 7.80. The molecular formula is C17H19N5O3S. The molecule has 0 radical (unpaired) electrons. The Kier molecular flexibility index (Phi) is 6.45. The zero-order chi connectivity index (χ0) is 19.1. The summed E-state index contributed by atoms with van der Waals surface area (Å²) in [5, 5.41) is 5.36. The van der Waals surface area contributed by atoms with Crippen LogP contribution in [0.1, 0.15) is 6.92 Å². The van der Waals surface area contributed by atoms with Crippen LogP contribution in [0.5, 0.6) is 0 Å². The molecule has 8 nitrogen and oxygen atoms in total. The average Bonchev–Trinajstić information content (AvgIpc) is 2.62. The van der Waals surface area contributed by atoms with Crippen LogP contribution in [-0.2, 0) is 9.59 Å². The summed E-state index contributed by atoms with van der Waals surface area (Å²) in [7, 11) is 0. The smallest absolute Gasteiger partial charge is 0.331 e. The number of thiocarbonyl (C=S) groups is 1. The molecule has 136 valence electrons. The Morgan fingerprint density at radius 3 is 2.58 bits per heavy atom. The van der Waals surface area contributed by atoms with E-state index in [1.54, 1.807) is 13.0 Å². The summed E-state index contributed by atoms with van der Waals surface area (Å²) < 4.78 is 0. The van der Waals surface area contributed by atoms with E-state index in [-0.39, 0.29) is 17.4 Å². The van der Waals surface area contributed by atoms with Gasteiger partial charge in [0.25, 0.3) is 0 Å². The van der Waals surface area contributed by atoms with Gasteiger partial charge in [-0.1, -0.05) is 30.4 Å². The number of nitrogens with one attached hydrogen (secondary N) is 4. The fourth-order valence-electron chi connectivity index (χ4n) is 2.31. The maximum atomic E-state index is 12.5. The molecule has 0 saturated carbocycles. The van der Waals surface area contributed by atoms with Crippen molar-refractivity contribution in [2.45, 2.75) is 6.92 Å². The van der Waals surface area contributed by atoms with Crippen LogP contribution in [0.3, 0.4) is 0 Å². The van der Waals surface area contributed by atoms with Crippen LogP contribution < -0.4 is 21.5 Å². The molecule has 1 heterocycles. The SMILES string of the molecule is C=CCN1C(=O)NC(=O)[C@@H](/C(=C\C)NNC(=S)Nc2ccccc2)C1=O. The lowest BCUT2D eigenvalue weighted by Gasteiger charge is -2.31. The molecule has 0 unspecified atom stereocenters. The minimum atomic E-state index is -1.19. The van der Waals surface area contributed by atoms with Gasteiger partial charge in [0.15, 0.2) is 11.0 Å². The van der Waals surface area contributed by atoms with Crippen molar-refractivity contribution in [3.8, 4) is 0 Å². The van der Waals surface area contributed by atoms with Crippen molar-refractivity contribution in [3.63, 3.8) is 0 Å². The second-order valence-corrected chi connectivity index (χ2v) is 5.69. The molecule has 1 aliphatic rings. The van der Waals surface area contributed by atoms with E-state index < -0.39 is 23.8 Å². The van der Waals surface area contributed by atoms with Gasteiger partial charge in [0.05, 0.1) is 0 Å². The number of urea groups is 1. The quantitative estimate of drug-likeness (QED) is 0.258. The predicted octanol–water partition coefficient (Wildman–Crippen LogP) is 1.26. The van der Waals surface area contributed by atoms with Crippen LogP contribution in [-0.4, -0.2) is 34.4 Å². The van der Waals surface area contributed by atoms with Crippen molar-refractivity contribution < 1.29 is 14.4 Å². The fraction of sp³-hybridized carbons (Fsp3) is 0.176. The molecule has 1 aromatic carbocycles. The summed E-state index contributed by atoms with van der Waals surface area (Å²) in [6.45, 7) is 5.17. The zero-order valence-corrected chi connectivity index (χ0v) is 14.9. The lowest BCUT2D eigenvalue weighted by atomic mass is 10.0. The molecule has 1 atom stereocenters. The maximum absolute atomic E-state index is 12.5. The van der Waals surface area contributed by atoms with Crippen LogP contribution in [0.2, 0.25) is 0 Å². The molecule has 0 spiro atoms. The molecule has 1 aliphatic heterocycles. The first-order valence-corrected chi connectivity index (χ1v) is 8.20. The number of benzene rings is 1. The van der Waals surface area contributed by atoms with E-state index in [9.17, 15) is 14.4 Å². The number of amides is 4. The molecule has 0 aliphatic carbocycles. The molecule has 0 bridgehead atoms. The number of rotatable bonds is 6. The van der Waals surface area contributed by atoms with Gasteiger partial charge in [-0.15, -0.1) is 6.58 Å². The van der Waals surface area contributed by atoms with E-state index in [1.807, 2.05) is 30.3 Å². The van der Waals surface area contributed by atoms with Crippen LogP contribution in [0.25, 0.3) is 0 Å². The number of para-hydroxylation sites is 1. The van der Waals surface area contributed by atoms with Crippen molar-refractivity contribution in [1.82, 2.24) is 21.1 Å². The number of allylic oxidation sites excluding steroid dienone is 1. The van der Waals surface area contributed by atoms with E-state index >= 15 is 0 Å². The van der Waals surface area contributed by atoms with E-state index in [4.69, 9.17) is 12.2 Å². The van der Waals surface area contributed by atoms with E-state index in [2.05, 4.69) is 28.1 Å². The number of imide groups is 2. The van der Waals surface area contributed by atoms with Crippen LogP contribution in [0, 0.1) is 5.92 Å². The van der Waals surface area contributed by atoms with Gasteiger partial charge in [0, 0.05) is 17.9 Å². The van der Waals surface area contributed by atoms with Crippen molar-refractivity contribution >= 4 is 40.9 Å². The topological polar surface area (TPSA) is 103 Å². The number of anilines is 1. The number of barbiturate groups is 1. The van der Waals surface area contributed by atoms with Crippen molar-refractivity contribution in [2.24, 2.45) is 5.92 Å². The minimum absolute atomic E-state index is 0.00679. The van der Waals surface area contributed by atoms with Gasteiger partial charge in [-0.25, -0.2) is 4.79 Å². The highest BCUT2D eigenvalue weighted by atomic mass is 32.1. The van der Waals surface area contributed by atoms with Gasteiger partial charge in [-0.05, 0) is 31.3 Å². The molecule has 9 heteroatoms. The Morgan fingerprint density at radius 1 is 1.27 bits per heavy atom. The standard InChI is InChI=1S/C17H19N5O3S/c1-3-10-22-15(24)13(14(23)19-17(22)25)12(4-2)20-21-16(26)18-11-8-6-5-7-9-11/h3-9,13,20H,1,10H2,2H3,(H2,18,21,26)(H,19,23,25)/b12-4+/t13-/m1/s1. The molecule has 26 heavy (non-hydrogen) atoms. The van der Waals surface area contributed by atoms with Gasteiger partial charge >= 0.3 is 6.03 Å². The first-order valence-electron chi connectivity index (χ1n) is 7.79. The lowest BCUT2D eigenvalue weighted by molar-refractivity contribution is -0.140. The minimum Gasteiger partial charge on any atom is -0.331 e. The number of hydrogen-bond acceptors (Lipinski definition) is 5. The van der Waals surface area contributed by atoms with Gasteiger partial charge in [0.2, 0.25) is 11.8 Å². The number of hydrazine groups is 1. The Morgan fingerprint density at radius 2 is 1.96 bits per heavy atom. The Balaban J connectivity index is 2.03. The van der Waals surface area contributed by atoms with Crippen LogP contribution >= 0.6 is 12.2 Å². The maximum Gasteiger partial charge on any atom is 0.331 e. The normalized spacial score (nSPS) is 17.4. The second-order valence-electron chi connectivity index (χ2n) is 5.28. The first kappa shape index (κ1) is 19.1. The highest BCUT2D eigenvalue weighted by Gasteiger charge is 2.42. The second kappa shape index (κ2) is 8.77. The number of carbonyl (C=O) groups excluding carboxylic acids is 3. The zero-order valence-electron chi connectivity index (χ0n) is 14.1.